The molecule has 0 unspecified atom stereocenters. The summed E-state index contributed by atoms with van der Waals surface area (Å²) in [6, 6.07) is 13.4. The smallest absolute Gasteiger partial charge is 0.246 e. The lowest BCUT2D eigenvalue weighted by atomic mass is 10.1. The maximum absolute atomic E-state index is 12.4. The Labute approximate surface area is 156 Å². The second kappa shape index (κ2) is 8.01. The van der Waals surface area contributed by atoms with Crippen molar-refractivity contribution in [3.05, 3.63) is 59.1 Å². The third-order valence-electron chi connectivity index (χ3n) is 3.93. The van der Waals surface area contributed by atoms with Crippen molar-refractivity contribution in [3.63, 3.8) is 0 Å². The number of hydrogen-bond acceptors (Lipinski definition) is 5. The average Bonchev–Trinajstić information content (AvgIpc) is 3.07. The van der Waals surface area contributed by atoms with Crippen molar-refractivity contribution in [2.45, 2.75) is 6.54 Å². The Morgan fingerprint density at radius 2 is 2.00 bits per heavy atom. The predicted molar refractivity (Wildman–Crippen MR) is 105 cm³/mol. The molecule has 1 heterocycles. The second-order valence-electron chi connectivity index (χ2n) is 5.71. The summed E-state index contributed by atoms with van der Waals surface area (Å²) in [4.78, 5) is 18.6. The van der Waals surface area contributed by atoms with Crippen LogP contribution in [0.1, 0.15) is 10.6 Å². The van der Waals surface area contributed by atoms with E-state index in [0.717, 1.165) is 20.8 Å². The molecule has 0 radical (unpaired) electrons. The summed E-state index contributed by atoms with van der Waals surface area (Å²) in [5, 5.41) is 0.911. The summed E-state index contributed by atoms with van der Waals surface area (Å²) in [5.41, 5.74) is 1.75. The van der Waals surface area contributed by atoms with Gasteiger partial charge in [0, 0.05) is 18.7 Å². The number of hydrogen-bond donors (Lipinski definition) is 0. The fourth-order valence-corrected chi connectivity index (χ4v) is 3.55. The van der Waals surface area contributed by atoms with Gasteiger partial charge in [-0.3, -0.25) is 4.79 Å². The van der Waals surface area contributed by atoms with Crippen LogP contribution < -0.4 is 9.47 Å². The highest BCUT2D eigenvalue weighted by atomic mass is 32.1. The lowest BCUT2D eigenvalue weighted by molar-refractivity contribution is -0.125. The third-order valence-corrected chi connectivity index (χ3v) is 4.95. The van der Waals surface area contributed by atoms with Crippen molar-refractivity contribution < 1.29 is 14.3 Å². The van der Waals surface area contributed by atoms with Crippen molar-refractivity contribution >= 4 is 33.5 Å². The number of likely N-dealkylation sites (N-methyl/N-ethyl adjacent to an activating group) is 1. The number of methoxy groups -OCH3 is 2. The van der Waals surface area contributed by atoms with E-state index in [1.54, 1.807) is 43.6 Å². The van der Waals surface area contributed by atoms with E-state index in [1.807, 2.05) is 42.5 Å². The van der Waals surface area contributed by atoms with Crippen molar-refractivity contribution in [2.24, 2.45) is 0 Å². The van der Waals surface area contributed by atoms with Crippen molar-refractivity contribution in [1.82, 2.24) is 9.88 Å². The molecule has 0 aliphatic carbocycles. The average molecular weight is 368 g/mol. The number of ether oxygens (including phenoxy) is 2. The van der Waals surface area contributed by atoms with Crippen LogP contribution in [0.15, 0.2) is 48.5 Å². The van der Waals surface area contributed by atoms with Gasteiger partial charge in [0.15, 0.2) is 0 Å². The monoisotopic (exact) mass is 368 g/mol. The number of thiazole rings is 1. The molecule has 1 amide bonds. The van der Waals surface area contributed by atoms with Crippen LogP contribution in [-0.2, 0) is 11.3 Å². The Balaban J connectivity index is 1.71. The number of nitrogens with zero attached hydrogens (tertiary/aromatic N) is 2. The largest absolute Gasteiger partial charge is 0.497 e. The van der Waals surface area contributed by atoms with Crippen LogP contribution in [0.3, 0.4) is 0 Å². The van der Waals surface area contributed by atoms with Crippen LogP contribution in [0.5, 0.6) is 11.5 Å². The number of benzene rings is 2. The molecule has 2 aromatic carbocycles. The molecule has 26 heavy (non-hydrogen) atoms. The predicted octanol–water partition coefficient (Wildman–Crippen LogP) is 3.99. The van der Waals surface area contributed by atoms with E-state index < -0.39 is 0 Å². The van der Waals surface area contributed by atoms with Gasteiger partial charge in [-0.05, 0) is 36.4 Å². The molecule has 0 fully saturated rings. The van der Waals surface area contributed by atoms with Crippen LogP contribution in [0.2, 0.25) is 0 Å². The molecule has 5 nitrogen and oxygen atoms in total. The summed E-state index contributed by atoms with van der Waals surface area (Å²) < 4.78 is 11.7. The minimum atomic E-state index is -0.103. The summed E-state index contributed by atoms with van der Waals surface area (Å²) in [5.74, 6) is 1.29. The van der Waals surface area contributed by atoms with E-state index in [2.05, 4.69) is 4.98 Å². The Morgan fingerprint density at radius 3 is 2.73 bits per heavy atom. The third kappa shape index (κ3) is 4.03. The highest BCUT2D eigenvalue weighted by molar-refractivity contribution is 7.18. The zero-order valence-corrected chi connectivity index (χ0v) is 15.7. The highest BCUT2D eigenvalue weighted by Crippen LogP contribution is 2.25. The minimum absolute atomic E-state index is 0.103. The SMILES string of the molecule is COc1ccc(OC)c(/C=C/C(=O)N(C)Cc2nc3ccccc3s2)c1. The minimum Gasteiger partial charge on any atom is -0.497 e. The lowest BCUT2D eigenvalue weighted by Gasteiger charge is -2.13. The molecular weight excluding hydrogens is 348 g/mol. The number of carbonyl (C=O) groups excluding carboxylic acids is 1. The van der Waals surface area contributed by atoms with Crippen LogP contribution in [0, 0.1) is 0 Å². The Hall–Kier alpha value is -2.86. The van der Waals surface area contributed by atoms with Gasteiger partial charge in [-0.1, -0.05) is 12.1 Å². The highest BCUT2D eigenvalue weighted by Gasteiger charge is 2.10. The topological polar surface area (TPSA) is 51.7 Å². The Kier molecular flexibility index (Phi) is 5.53. The van der Waals surface area contributed by atoms with Gasteiger partial charge in [0.05, 0.1) is 31.0 Å². The van der Waals surface area contributed by atoms with Gasteiger partial charge < -0.3 is 14.4 Å². The first-order chi connectivity index (χ1) is 12.6. The molecule has 0 N–H and O–H groups in total. The number of carbonyl (C=O) groups is 1. The Bertz CT molecular complexity index is 916. The van der Waals surface area contributed by atoms with E-state index in [1.165, 1.54) is 6.08 Å². The van der Waals surface area contributed by atoms with E-state index >= 15 is 0 Å². The molecule has 0 saturated carbocycles. The number of fused-ring (bicyclic) bond motifs is 1. The van der Waals surface area contributed by atoms with Crippen LogP contribution in [0.25, 0.3) is 16.3 Å². The van der Waals surface area contributed by atoms with E-state index in [0.29, 0.717) is 18.0 Å². The fourth-order valence-electron chi connectivity index (χ4n) is 2.53. The maximum atomic E-state index is 12.4. The number of amides is 1. The van der Waals surface area contributed by atoms with Crippen molar-refractivity contribution in [1.29, 1.82) is 0 Å². The van der Waals surface area contributed by atoms with Crippen molar-refractivity contribution in [3.8, 4) is 11.5 Å². The summed E-state index contributed by atoms with van der Waals surface area (Å²) in [7, 11) is 4.97. The zero-order chi connectivity index (χ0) is 18.5. The molecule has 0 saturated heterocycles. The summed E-state index contributed by atoms with van der Waals surface area (Å²) in [6.45, 7) is 0.470. The van der Waals surface area contributed by atoms with Crippen molar-refractivity contribution in [2.75, 3.05) is 21.3 Å². The van der Waals surface area contributed by atoms with Gasteiger partial charge in [0.1, 0.15) is 16.5 Å². The molecule has 6 heteroatoms. The van der Waals surface area contributed by atoms with E-state index in [4.69, 9.17) is 9.47 Å². The van der Waals surface area contributed by atoms with E-state index in [9.17, 15) is 4.79 Å². The standard InChI is InChI=1S/C20H20N2O3S/c1-22(13-19-21-16-6-4-5-7-18(16)26-19)20(23)11-8-14-12-15(24-2)9-10-17(14)25-3/h4-12H,13H2,1-3H3/b11-8+. The normalized spacial score (nSPS) is 11.0. The molecule has 0 atom stereocenters. The van der Waals surface area contributed by atoms with E-state index in [-0.39, 0.29) is 5.91 Å². The fraction of sp³-hybridized carbons (Fsp3) is 0.200. The van der Waals surface area contributed by atoms with Gasteiger partial charge >= 0.3 is 0 Å². The first kappa shape index (κ1) is 17.9. The van der Waals surface area contributed by atoms with Gasteiger partial charge in [-0.25, -0.2) is 4.98 Å². The maximum Gasteiger partial charge on any atom is 0.246 e. The molecule has 134 valence electrons. The van der Waals surface area contributed by atoms with Gasteiger partial charge in [-0.2, -0.15) is 0 Å². The molecule has 0 aliphatic heterocycles. The summed E-state index contributed by atoms with van der Waals surface area (Å²) >= 11 is 1.60. The van der Waals surface area contributed by atoms with Gasteiger partial charge in [-0.15, -0.1) is 11.3 Å². The van der Waals surface area contributed by atoms with Gasteiger partial charge in [0.25, 0.3) is 0 Å². The van der Waals surface area contributed by atoms with Crippen LogP contribution in [0.4, 0.5) is 0 Å². The number of para-hydroxylation sites is 1. The van der Waals surface area contributed by atoms with Gasteiger partial charge in [0.2, 0.25) is 5.91 Å². The Morgan fingerprint density at radius 1 is 1.19 bits per heavy atom. The molecule has 3 aromatic rings. The quantitative estimate of drug-likeness (QED) is 0.618. The van der Waals surface area contributed by atoms with Crippen LogP contribution >= 0.6 is 11.3 Å². The molecular formula is C20H20N2O3S. The first-order valence-electron chi connectivity index (χ1n) is 8.10. The lowest BCUT2D eigenvalue weighted by Crippen LogP contribution is -2.23. The molecule has 0 spiro atoms. The first-order valence-corrected chi connectivity index (χ1v) is 8.92. The number of rotatable bonds is 6. The zero-order valence-electron chi connectivity index (χ0n) is 14.9. The summed E-state index contributed by atoms with van der Waals surface area (Å²) in [6.07, 6.45) is 3.27. The van der Waals surface area contributed by atoms with Crippen LogP contribution in [-0.4, -0.2) is 37.1 Å². The molecule has 0 bridgehead atoms. The molecule has 1 aromatic heterocycles. The molecule has 3 rings (SSSR count). The number of aromatic nitrogens is 1. The molecule has 0 aliphatic rings. The second-order valence-corrected chi connectivity index (χ2v) is 6.83.